The number of aromatic nitrogens is 2. The molecule has 0 radical (unpaired) electrons. The lowest BCUT2D eigenvalue weighted by Gasteiger charge is -2.24. The molecule has 2 N–H and O–H groups in total. The maximum absolute atomic E-state index is 11.0. The van der Waals surface area contributed by atoms with Crippen LogP contribution in [0.25, 0.3) is 0 Å². The van der Waals surface area contributed by atoms with Crippen molar-refractivity contribution in [3.63, 3.8) is 0 Å². The van der Waals surface area contributed by atoms with Gasteiger partial charge in [-0.05, 0) is 29.7 Å². The Morgan fingerprint density at radius 2 is 2.04 bits per heavy atom. The SMILES string of the molecule is O=C(O)C[C@H]1CNCCN(Cc2ccccc2Cn2cccn2)C1. The van der Waals surface area contributed by atoms with Crippen LogP contribution in [0, 0.1) is 5.92 Å². The van der Waals surface area contributed by atoms with Crippen LogP contribution in [0.5, 0.6) is 0 Å². The first kappa shape index (κ1) is 16.7. The van der Waals surface area contributed by atoms with Crippen LogP contribution in [0.2, 0.25) is 0 Å². The second kappa shape index (κ2) is 8.08. The van der Waals surface area contributed by atoms with Crippen molar-refractivity contribution in [1.82, 2.24) is 20.0 Å². The molecule has 0 saturated carbocycles. The molecule has 3 rings (SSSR count). The summed E-state index contributed by atoms with van der Waals surface area (Å²) >= 11 is 0. The summed E-state index contributed by atoms with van der Waals surface area (Å²) in [7, 11) is 0. The molecular weight excluding hydrogens is 304 g/mol. The molecule has 1 atom stereocenters. The van der Waals surface area contributed by atoms with Gasteiger partial charge in [-0.15, -0.1) is 0 Å². The molecule has 1 saturated heterocycles. The van der Waals surface area contributed by atoms with E-state index < -0.39 is 5.97 Å². The van der Waals surface area contributed by atoms with Crippen molar-refractivity contribution in [2.45, 2.75) is 19.5 Å². The fraction of sp³-hybridized carbons (Fsp3) is 0.444. The molecule has 24 heavy (non-hydrogen) atoms. The summed E-state index contributed by atoms with van der Waals surface area (Å²) in [5.74, 6) is -0.564. The number of aliphatic carboxylic acids is 1. The van der Waals surface area contributed by atoms with Gasteiger partial charge in [0.25, 0.3) is 0 Å². The Bertz CT molecular complexity index is 657. The highest BCUT2D eigenvalue weighted by Crippen LogP contribution is 2.16. The molecule has 0 bridgehead atoms. The Kier molecular flexibility index (Phi) is 5.61. The number of carbonyl (C=O) groups is 1. The molecule has 1 aromatic carbocycles. The van der Waals surface area contributed by atoms with Gasteiger partial charge in [-0.1, -0.05) is 24.3 Å². The smallest absolute Gasteiger partial charge is 0.303 e. The van der Waals surface area contributed by atoms with Crippen LogP contribution in [0.1, 0.15) is 17.5 Å². The van der Waals surface area contributed by atoms with Crippen LogP contribution in [-0.4, -0.2) is 51.9 Å². The highest BCUT2D eigenvalue weighted by atomic mass is 16.4. The van der Waals surface area contributed by atoms with Gasteiger partial charge in [0.1, 0.15) is 0 Å². The van der Waals surface area contributed by atoms with Gasteiger partial charge in [0.05, 0.1) is 13.0 Å². The highest BCUT2D eigenvalue weighted by molar-refractivity contribution is 5.67. The van der Waals surface area contributed by atoms with Gasteiger partial charge >= 0.3 is 5.97 Å². The third kappa shape index (κ3) is 4.66. The molecular formula is C18H24N4O2. The fourth-order valence-corrected chi connectivity index (χ4v) is 3.27. The lowest BCUT2D eigenvalue weighted by atomic mass is 10.0. The van der Waals surface area contributed by atoms with Crippen LogP contribution in [0.15, 0.2) is 42.7 Å². The number of hydrogen-bond acceptors (Lipinski definition) is 4. The average Bonchev–Trinajstić information content (AvgIpc) is 2.96. The zero-order valence-electron chi connectivity index (χ0n) is 13.8. The Labute approximate surface area is 142 Å². The van der Waals surface area contributed by atoms with E-state index in [9.17, 15) is 4.79 Å². The van der Waals surface area contributed by atoms with Gasteiger partial charge in [-0.2, -0.15) is 5.10 Å². The van der Waals surface area contributed by atoms with E-state index in [2.05, 4.69) is 39.6 Å². The third-order valence-electron chi connectivity index (χ3n) is 4.42. The second-order valence-corrected chi connectivity index (χ2v) is 6.38. The Morgan fingerprint density at radius 3 is 2.75 bits per heavy atom. The summed E-state index contributed by atoms with van der Waals surface area (Å²) in [4.78, 5) is 13.4. The molecule has 0 spiro atoms. The van der Waals surface area contributed by atoms with Crippen LogP contribution in [-0.2, 0) is 17.9 Å². The minimum Gasteiger partial charge on any atom is -0.481 e. The first-order chi connectivity index (χ1) is 11.7. The van der Waals surface area contributed by atoms with E-state index in [1.807, 2.05) is 16.9 Å². The van der Waals surface area contributed by atoms with Crippen LogP contribution >= 0.6 is 0 Å². The van der Waals surface area contributed by atoms with Crippen molar-refractivity contribution in [3.05, 3.63) is 53.9 Å². The lowest BCUT2D eigenvalue weighted by molar-refractivity contribution is -0.138. The maximum Gasteiger partial charge on any atom is 0.303 e. The van der Waals surface area contributed by atoms with E-state index in [-0.39, 0.29) is 12.3 Å². The number of benzene rings is 1. The number of carboxylic acids is 1. The molecule has 0 unspecified atom stereocenters. The van der Waals surface area contributed by atoms with Crippen LogP contribution in [0.4, 0.5) is 0 Å². The summed E-state index contributed by atoms with van der Waals surface area (Å²) < 4.78 is 1.93. The zero-order valence-corrected chi connectivity index (χ0v) is 13.8. The first-order valence-corrected chi connectivity index (χ1v) is 8.40. The predicted molar refractivity (Wildman–Crippen MR) is 91.7 cm³/mol. The minimum absolute atomic E-state index is 0.156. The molecule has 1 aliphatic rings. The van der Waals surface area contributed by atoms with E-state index in [0.717, 1.165) is 39.3 Å². The van der Waals surface area contributed by atoms with Crippen molar-refractivity contribution in [2.75, 3.05) is 26.2 Å². The van der Waals surface area contributed by atoms with Gasteiger partial charge in [-0.25, -0.2) is 0 Å². The molecule has 1 fully saturated rings. The summed E-state index contributed by atoms with van der Waals surface area (Å²) in [6.45, 7) is 5.03. The first-order valence-electron chi connectivity index (χ1n) is 8.40. The van der Waals surface area contributed by atoms with Gasteiger partial charge in [0, 0.05) is 38.6 Å². The van der Waals surface area contributed by atoms with Gasteiger partial charge in [-0.3, -0.25) is 14.4 Å². The number of hydrogen-bond donors (Lipinski definition) is 2. The summed E-state index contributed by atoms with van der Waals surface area (Å²) in [6, 6.07) is 10.3. The normalized spacial score (nSPS) is 19.1. The Balaban J connectivity index is 1.69. The molecule has 2 aromatic rings. The summed E-state index contributed by atoms with van der Waals surface area (Å²) in [5.41, 5.74) is 2.54. The van der Waals surface area contributed by atoms with Crippen molar-refractivity contribution < 1.29 is 9.90 Å². The highest BCUT2D eigenvalue weighted by Gasteiger charge is 2.21. The third-order valence-corrected chi connectivity index (χ3v) is 4.42. The maximum atomic E-state index is 11.0. The quantitative estimate of drug-likeness (QED) is 0.839. The molecule has 2 heterocycles. The summed E-state index contributed by atoms with van der Waals surface area (Å²) in [5, 5.41) is 16.7. The van der Waals surface area contributed by atoms with Crippen molar-refractivity contribution in [2.24, 2.45) is 5.92 Å². The second-order valence-electron chi connectivity index (χ2n) is 6.38. The zero-order chi connectivity index (χ0) is 16.8. The van der Waals surface area contributed by atoms with Crippen molar-refractivity contribution in [3.8, 4) is 0 Å². The van der Waals surface area contributed by atoms with Crippen molar-refractivity contribution in [1.29, 1.82) is 0 Å². The monoisotopic (exact) mass is 328 g/mol. The number of rotatable bonds is 6. The molecule has 6 heteroatoms. The summed E-state index contributed by atoms with van der Waals surface area (Å²) in [6.07, 6.45) is 3.98. The van der Waals surface area contributed by atoms with Crippen LogP contribution in [0.3, 0.4) is 0 Å². The number of carboxylic acid groups (broad SMARTS) is 1. The fourth-order valence-electron chi connectivity index (χ4n) is 3.27. The topological polar surface area (TPSA) is 70.4 Å². The van der Waals surface area contributed by atoms with Gasteiger partial charge < -0.3 is 10.4 Å². The molecule has 6 nitrogen and oxygen atoms in total. The van der Waals surface area contributed by atoms with E-state index in [0.29, 0.717) is 0 Å². The van der Waals surface area contributed by atoms with E-state index >= 15 is 0 Å². The number of nitrogens with one attached hydrogen (secondary N) is 1. The molecule has 1 aliphatic heterocycles. The molecule has 0 aliphatic carbocycles. The molecule has 0 amide bonds. The van der Waals surface area contributed by atoms with Crippen molar-refractivity contribution >= 4 is 5.97 Å². The molecule has 1 aromatic heterocycles. The van der Waals surface area contributed by atoms with Crippen LogP contribution < -0.4 is 5.32 Å². The van der Waals surface area contributed by atoms with E-state index in [1.54, 1.807) is 6.20 Å². The lowest BCUT2D eigenvalue weighted by Crippen LogP contribution is -2.31. The average molecular weight is 328 g/mol. The predicted octanol–water partition coefficient (Wildman–Crippen LogP) is 1.43. The largest absolute Gasteiger partial charge is 0.481 e. The van der Waals surface area contributed by atoms with Gasteiger partial charge in [0.15, 0.2) is 0 Å². The Morgan fingerprint density at radius 1 is 1.25 bits per heavy atom. The van der Waals surface area contributed by atoms with E-state index in [4.69, 9.17) is 5.11 Å². The standard InChI is InChI=1S/C18H24N4O2/c23-18(24)10-15-11-19-7-9-21(12-15)13-16-4-1-2-5-17(16)14-22-8-3-6-20-22/h1-6,8,15,19H,7,9-14H2,(H,23,24)/t15-/m0/s1. The molecule has 128 valence electrons. The number of nitrogens with zero attached hydrogens (tertiary/aromatic N) is 3. The van der Waals surface area contributed by atoms with Gasteiger partial charge in [0.2, 0.25) is 0 Å². The van der Waals surface area contributed by atoms with E-state index in [1.165, 1.54) is 11.1 Å². The Hall–Kier alpha value is -2.18. The minimum atomic E-state index is -0.720.